The molecule has 122 valence electrons. The fraction of sp³-hybridized carbons (Fsp3) is 0.312. The van der Waals surface area contributed by atoms with E-state index in [-0.39, 0.29) is 17.2 Å². The van der Waals surface area contributed by atoms with Crippen molar-refractivity contribution >= 4 is 23.0 Å². The summed E-state index contributed by atoms with van der Waals surface area (Å²) in [4.78, 5) is 17.6. The Bertz CT molecular complexity index is 697. The van der Waals surface area contributed by atoms with Gasteiger partial charge in [-0.1, -0.05) is 18.2 Å². The van der Waals surface area contributed by atoms with Gasteiger partial charge in [-0.3, -0.25) is 10.1 Å². The Balaban J connectivity index is 2.05. The van der Waals surface area contributed by atoms with E-state index in [4.69, 9.17) is 0 Å². The molecule has 1 heterocycles. The number of nitrogens with zero attached hydrogens (tertiary/aromatic N) is 2. The van der Waals surface area contributed by atoms with Crippen LogP contribution < -0.4 is 10.6 Å². The molecule has 0 bridgehead atoms. The van der Waals surface area contributed by atoms with Crippen molar-refractivity contribution < 1.29 is 4.92 Å². The second-order valence-corrected chi connectivity index (χ2v) is 6.32. The van der Waals surface area contributed by atoms with Crippen molar-refractivity contribution in [3.8, 4) is 0 Å². The molecule has 0 radical (unpaired) electrons. The van der Waals surface area contributed by atoms with Crippen molar-refractivity contribution in [3.05, 3.63) is 61.8 Å². The number of thiophene rings is 1. The van der Waals surface area contributed by atoms with Crippen LogP contribution in [0.1, 0.15) is 22.2 Å². The topological polar surface area (TPSA) is 79.6 Å². The Morgan fingerprint density at radius 3 is 2.70 bits per heavy atom. The molecule has 2 aromatic rings. The molecule has 23 heavy (non-hydrogen) atoms. The van der Waals surface area contributed by atoms with Gasteiger partial charge in [0.2, 0.25) is 0 Å². The second kappa shape index (κ2) is 8.28. The number of nitro groups is 1. The largest absolute Gasteiger partial charge is 0.357 e. The summed E-state index contributed by atoms with van der Waals surface area (Å²) < 4.78 is 0. The summed E-state index contributed by atoms with van der Waals surface area (Å²) in [5.74, 6) is 0.650. The summed E-state index contributed by atoms with van der Waals surface area (Å²) in [6, 6.07) is 10.8. The van der Waals surface area contributed by atoms with E-state index in [0.717, 1.165) is 6.54 Å². The van der Waals surface area contributed by atoms with Crippen molar-refractivity contribution in [1.29, 1.82) is 0 Å². The number of hydrogen-bond donors (Lipinski definition) is 2. The Kier molecular flexibility index (Phi) is 6.10. The van der Waals surface area contributed by atoms with Crippen LogP contribution in [0.3, 0.4) is 0 Å². The standard InChI is InChI=1S/C16H20N4O2S/c1-3-17-16(19-11-14-9-8-12(2)23-14)18-10-13-6-4-5-7-15(13)20(21)22/h4-9H,3,10-11H2,1-2H3,(H2,17,18,19). The molecule has 0 saturated heterocycles. The zero-order valence-electron chi connectivity index (χ0n) is 13.2. The number of aliphatic imine (C=N–C) groups is 1. The van der Waals surface area contributed by atoms with Gasteiger partial charge in [0.1, 0.15) is 0 Å². The molecule has 2 N–H and O–H groups in total. The van der Waals surface area contributed by atoms with Crippen molar-refractivity contribution in [2.75, 3.05) is 6.54 Å². The first kappa shape index (κ1) is 17.0. The maximum absolute atomic E-state index is 11.0. The molecule has 0 atom stereocenters. The minimum atomic E-state index is -0.375. The van der Waals surface area contributed by atoms with Gasteiger partial charge in [-0.25, -0.2) is 4.99 Å². The van der Waals surface area contributed by atoms with Crippen LogP contribution in [0.4, 0.5) is 5.69 Å². The number of nitro benzene ring substituents is 1. The lowest BCUT2D eigenvalue weighted by Gasteiger charge is -2.10. The van der Waals surface area contributed by atoms with E-state index in [1.165, 1.54) is 15.8 Å². The zero-order chi connectivity index (χ0) is 16.7. The smallest absolute Gasteiger partial charge is 0.274 e. The highest BCUT2D eigenvalue weighted by Crippen LogP contribution is 2.18. The predicted molar refractivity (Wildman–Crippen MR) is 93.8 cm³/mol. The zero-order valence-corrected chi connectivity index (χ0v) is 14.0. The number of para-hydroxylation sites is 1. The van der Waals surface area contributed by atoms with E-state index < -0.39 is 0 Å². The van der Waals surface area contributed by atoms with Crippen LogP contribution in [0.25, 0.3) is 0 Å². The van der Waals surface area contributed by atoms with E-state index >= 15 is 0 Å². The van der Waals surface area contributed by atoms with Crippen molar-refractivity contribution in [2.24, 2.45) is 4.99 Å². The Hall–Kier alpha value is -2.41. The Labute approximate surface area is 139 Å². The van der Waals surface area contributed by atoms with Gasteiger partial charge >= 0.3 is 0 Å². The first-order valence-electron chi connectivity index (χ1n) is 7.40. The highest BCUT2D eigenvalue weighted by atomic mass is 32.1. The molecule has 7 heteroatoms. The van der Waals surface area contributed by atoms with Crippen LogP contribution in [0.15, 0.2) is 41.4 Å². The average molecular weight is 332 g/mol. The van der Waals surface area contributed by atoms with E-state index in [0.29, 0.717) is 18.1 Å². The highest BCUT2D eigenvalue weighted by Gasteiger charge is 2.11. The fourth-order valence-corrected chi connectivity index (χ4v) is 2.91. The molecular weight excluding hydrogens is 312 g/mol. The third-order valence-electron chi connectivity index (χ3n) is 3.17. The maximum Gasteiger partial charge on any atom is 0.274 e. The molecule has 0 amide bonds. The summed E-state index contributed by atoms with van der Waals surface area (Å²) in [6.07, 6.45) is 0. The summed E-state index contributed by atoms with van der Waals surface area (Å²) in [5, 5.41) is 17.4. The molecule has 0 aliphatic carbocycles. The van der Waals surface area contributed by atoms with Crippen LogP contribution in [0.2, 0.25) is 0 Å². The first-order chi connectivity index (χ1) is 11.1. The third kappa shape index (κ3) is 5.07. The van der Waals surface area contributed by atoms with Gasteiger partial charge in [0.25, 0.3) is 5.69 Å². The number of guanidine groups is 1. The quantitative estimate of drug-likeness (QED) is 0.368. The molecule has 0 spiro atoms. The number of aryl methyl sites for hydroxylation is 1. The van der Waals surface area contributed by atoms with Gasteiger partial charge in [-0.2, -0.15) is 0 Å². The summed E-state index contributed by atoms with van der Waals surface area (Å²) >= 11 is 1.73. The van der Waals surface area contributed by atoms with Gasteiger partial charge in [-0.05, 0) is 26.0 Å². The van der Waals surface area contributed by atoms with Crippen LogP contribution >= 0.6 is 11.3 Å². The molecule has 0 saturated carbocycles. The number of nitrogens with one attached hydrogen (secondary N) is 2. The molecule has 1 aromatic carbocycles. The molecule has 0 aliphatic heterocycles. The minimum absolute atomic E-state index is 0.0981. The predicted octanol–water partition coefficient (Wildman–Crippen LogP) is 3.22. The van der Waals surface area contributed by atoms with E-state index in [1.807, 2.05) is 6.92 Å². The summed E-state index contributed by atoms with van der Waals surface area (Å²) in [7, 11) is 0. The number of hydrogen-bond acceptors (Lipinski definition) is 4. The number of benzene rings is 1. The molecule has 1 aromatic heterocycles. The van der Waals surface area contributed by atoms with Gasteiger partial charge in [0.05, 0.1) is 23.6 Å². The average Bonchev–Trinajstić information content (AvgIpc) is 2.95. The van der Waals surface area contributed by atoms with E-state index in [9.17, 15) is 10.1 Å². The molecular formula is C16H20N4O2S. The van der Waals surface area contributed by atoms with Crippen molar-refractivity contribution in [3.63, 3.8) is 0 Å². The van der Waals surface area contributed by atoms with Gasteiger partial charge in [0.15, 0.2) is 5.96 Å². The molecule has 0 aliphatic rings. The molecule has 6 nitrogen and oxygen atoms in total. The first-order valence-corrected chi connectivity index (χ1v) is 8.21. The van der Waals surface area contributed by atoms with Gasteiger partial charge in [-0.15, -0.1) is 11.3 Å². The van der Waals surface area contributed by atoms with Crippen LogP contribution in [0.5, 0.6) is 0 Å². The lowest BCUT2D eigenvalue weighted by Crippen LogP contribution is -2.36. The van der Waals surface area contributed by atoms with Gasteiger partial charge < -0.3 is 10.6 Å². The SMILES string of the molecule is CCNC(=NCc1ccccc1[N+](=O)[O-])NCc1ccc(C)s1. The highest BCUT2D eigenvalue weighted by molar-refractivity contribution is 7.11. The fourth-order valence-electron chi connectivity index (χ4n) is 2.08. The van der Waals surface area contributed by atoms with E-state index in [2.05, 4.69) is 34.7 Å². The van der Waals surface area contributed by atoms with E-state index in [1.54, 1.807) is 29.5 Å². The Morgan fingerprint density at radius 2 is 2.04 bits per heavy atom. The van der Waals surface area contributed by atoms with Gasteiger partial charge in [0, 0.05) is 22.4 Å². The van der Waals surface area contributed by atoms with Crippen LogP contribution in [0, 0.1) is 17.0 Å². The third-order valence-corrected chi connectivity index (χ3v) is 4.17. The van der Waals surface area contributed by atoms with Crippen LogP contribution in [-0.4, -0.2) is 17.4 Å². The Morgan fingerprint density at radius 1 is 1.26 bits per heavy atom. The monoisotopic (exact) mass is 332 g/mol. The van der Waals surface area contributed by atoms with Crippen molar-refractivity contribution in [2.45, 2.75) is 26.9 Å². The second-order valence-electron chi connectivity index (χ2n) is 4.95. The minimum Gasteiger partial charge on any atom is -0.357 e. The number of rotatable bonds is 6. The normalized spacial score (nSPS) is 11.3. The summed E-state index contributed by atoms with van der Waals surface area (Å²) in [6.45, 7) is 5.73. The lowest BCUT2D eigenvalue weighted by atomic mass is 10.2. The lowest BCUT2D eigenvalue weighted by molar-refractivity contribution is -0.385. The summed E-state index contributed by atoms with van der Waals surface area (Å²) in [5.41, 5.74) is 0.697. The molecule has 0 fully saturated rings. The molecule has 0 unspecified atom stereocenters. The van der Waals surface area contributed by atoms with Crippen LogP contribution in [-0.2, 0) is 13.1 Å². The maximum atomic E-state index is 11.0. The van der Waals surface area contributed by atoms with Crippen molar-refractivity contribution in [1.82, 2.24) is 10.6 Å². The molecule has 2 rings (SSSR count).